The number of fused-ring (bicyclic) bond motifs is 1. The molecule has 0 aliphatic carbocycles. The summed E-state index contributed by atoms with van der Waals surface area (Å²) in [4.78, 5) is 2.36. The maximum Gasteiger partial charge on any atom is 0.229 e. The molecule has 0 aromatic heterocycles. The molecule has 0 radical (unpaired) electrons. The topological polar surface area (TPSA) is 112 Å². The predicted molar refractivity (Wildman–Crippen MR) is 112 cm³/mol. The number of hydrogen-bond donors (Lipinski definition) is 3. The number of hydrogen-bond acceptors (Lipinski definition) is 8. The van der Waals surface area contributed by atoms with Crippen molar-refractivity contribution in [1.82, 2.24) is 10.2 Å². The van der Waals surface area contributed by atoms with Crippen LogP contribution in [0.1, 0.15) is 24.8 Å². The molecule has 0 amide bonds. The molecule has 9 nitrogen and oxygen atoms in total. The molecule has 1 spiro atoms. The van der Waals surface area contributed by atoms with E-state index in [9.17, 15) is 13.6 Å². The van der Waals surface area contributed by atoms with E-state index in [0.29, 0.717) is 42.3 Å². The van der Waals surface area contributed by atoms with E-state index in [-0.39, 0.29) is 0 Å². The summed E-state index contributed by atoms with van der Waals surface area (Å²) in [7, 11) is -1.48. The van der Waals surface area contributed by atoms with Crippen LogP contribution in [0.3, 0.4) is 0 Å². The van der Waals surface area contributed by atoms with Gasteiger partial charge in [0, 0.05) is 56.7 Å². The molecule has 3 N–H and O–H groups in total. The number of rotatable bonds is 8. The van der Waals surface area contributed by atoms with Gasteiger partial charge in [-0.2, -0.15) is 0 Å². The molecule has 2 heterocycles. The second-order valence-electron chi connectivity index (χ2n) is 7.65. The lowest BCUT2D eigenvalue weighted by molar-refractivity contribution is -0.00501. The number of nitrogens with zero attached hydrogens (tertiary/aromatic N) is 2. The van der Waals surface area contributed by atoms with E-state index in [0.717, 1.165) is 45.3 Å². The van der Waals surface area contributed by atoms with Crippen molar-refractivity contribution in [2.75, 3.05) is 57.4 Å². The molecule has 0 unspecified atom stereocenters. The van der Waals surface area contributed by atoms with Gasteiger partial charge in [0.2, 0.25) is 10.0 Å². The summed E-state index contributed by atoms with van der Waals surface area (Å²) in [5.74, 6) is 0.618. The van der Waals surface area contributed by atoms with Gasteiger partial charge in [0.25, 0.3) is 0 Å². The molecule has 0 saturated carbocycles. The van der Waals surface area contributed by atoms with Gasteiger partial charge in [-0.15, -0.1) is 0 Å². The van der Waals surface area contributed by atoms with E-state index in [2.05, 4.69) is 20.1 Å². The monoisotopic (exact) mass is 426 g/mol. The Bertz CT molecular complexity index is 835. The molecule has 1 saturated heterocycles. The fraction of sp³-hybridized carbons (Fsp3) is 0.632. The van der Waals surface area contributed by atoms with E-state index in [4.69, 9.17) is 9.47 Å². The molecular weight excluding hydrogens is 396 g/mol. The van der Waals surface area contributed by atoms with Crippen molar-refractivity contribution in [2.45, 2.75) is 24.9 Å². The van der Waals surface area contributed by atoms with Crippen LogP contribution >= 0.6 is 0 Å². The molecule has 1 fully saturated rings. The quantitative estimate of drug-likeness (QED) is 0.324. The second kappa shape index (κ2) is 9.29. The Morgan fingerprint density at radius 2 is 2.07 bits per heavy atom. The van der Waals surface area contributed by atoms with Crippen molar-refractivity contribution < 1.29 is 23.1 Å². The summed E-state index contributed by atoms with van der Waals surface area (Å²) < 4.78 is 37.4. The fourth-order valence-corrected chi connectivity index (χ4v) is 4.37. The van der Waals surface area contributed by atoms with Crippen molar-refractivity contribution in [1.29, 1.82) is 0 Å². The van der Waals surface area contributed by atoms with Gasteiger partial charge in [-0.1, -0.05) is 5.16 Å². The van der Waals surface area contributed by atoms with E-state index in [1.807, 2.05) is 7.05 Å². The number of likely N-dealkylation sites (N-methyl/N-ethyl adjacent to an activating group) is 1. The Morgan fingerprint density at radius 3 is 2.72 bits per heavy atom. The summed E-state index contributed by atoms with van der Waals surface area (Å²) in [6.07, 6.45) is 3.24. The normalized spacial score (nSPS) is 20.4. The Kier molecular flexibility index (Phi) is 6.99. The maximum atomic E-state index is 11.5. The summed E-state index contributed by atoms with van der Waals surface area (Å²) in [5.41, 5.74) is 1.16. The first-order valence-corrected chi connectivity index (χ1v) is 11.7. The van der Waals surface area contributed by atoms with Crippen molar-refractivity contribution in [3.05, 3.63) is 23.8 Å². The number of anilines is 1. The van der Waals surface area contributed by atoms with Crippen molar-refractivity contribution >= 4 is 21.4 Å². The van der Waals surface area contributed by atoms with Gasteiger partial charge in [-0.25, -0.2) is 8.42 Å². The Hall–Kier alpha value is -1.88. The molecule has 0 bridgehead atoms. The third-order valence-electron chi connectivity index (χ3n) is 5.35. The van der Waals surface area contributed by atoms with Crippen LogP contribution in [0.4, 0.5) is 5.69 Å². The van der Waals surface area contributed by atoms with E-state index >= 15 is 0 Å². The number of benzene rings is 1. The molecule has 10 heteroatoms. The summed E-state index contributed by atoms with van der Waals surface area (Å²) in [5, 5.41) is 16.1. The number of piperidine rings is 1. The van der Waals surface area contributed by atoms with Crippen LogP contribution in [0.15, 0.2) is 23.4 Å². The second-order valence-corrected chi connectivity index (χ2v) is 9.40. The SMILES string of the molecule is CNCCOCCN1CCC2(CC1)C/C(=N\O)c1cc(NS(C)(=O)=O)ccc1O2. The highest BCUT2D eigenvalue weighted by atomic mass is 32.2. The van der Waals surface area contributed by atoms with Crippen molar-refractivity contribution in [2.24, 2.45) is 5.16 Å². The third kappa shape index (κ3) is 5.81. The lowest BCUT2D eigenvalue weighted by Gasteiger charge is -2.44. The predicted octanol–water partition coefficient (Wildman–Crippen LogP) is 1.09. The number of ether oxygens (including phenoxy) is 2. The number of nitrogens with one attached hydrogen (secondary N) is 2. The summed E-state index contributed by atoms with van der Waals surface area (Å²) in [6.45, 7) is 4.92. The molecule has 1 aromatic carbocycles. The Labute approximate surface area is 172 Å². The number of sulfonamides is 1. The van der Waals surface area contributed by atoms with Gasteiger partial charge < -0.3 is 24.9 Å². The summed E-state index contributed by atoms with van der Waals surface area (Å²) in [6, 6.07) is 5.04. The van der Waals surface area contributed by atoms with Gasteiger partial charge in [0.15, 0.2) is 0 Å². The van der Waals surface area contributed by atoms with Gasteiger partial charge in [-0.05, 0) is 25.2 Å². The van der Waals surface area contributed by atoms with Gasteiger partial charge >= 0.3 is 0 Å². The van der Waals surface area contributed by atoms with Crippen molar-refractivity contribution in [3.8, 4) is 5.75 Å². The zero-order chi connectivity index (χ0) is 20.9. The lowest BCUT2D eigenvalue weighted by Crippen LogP contribution is -2.51. The molecule has 3 rings (SSSR count). The minimum atomic E-state index is -3.39. The Balaban J connectivity index is 1.63. The average molecular weight is 427 g/mol. The van der Waals surface area contributed by atoms with Crippen LogP contribution in [-0.2, 0) is 14.8 Å². The van der Waals surface area contributed by atoms with Gasteiger partial charge in [0.05, 0.1) is 25.2 Å². The first kappa shape index (κ1) is 21.8. The first-order chi connectivity index (χ1) is 13.8. The number of likely N-dealkylation sites (tertiary alicyclic amines) is 1. The van der Waals surface area contributed by atoms with Gasteiger partial charge in [0.1, 0.15) is 11.4 Å². The van der Waals surface area contributed by atoms with E-state index in [1.165, 1.54) is 0 Å². The molecule has 0 atom stereocenters. The van der Waals surface area contributed by atoms with Gasteiger partial charge in [-0.3, -0.25) is 4.72 Å². The average Bonchev–Trinajstić information content (AvgIpc) is 2.68. The highest BCUT2D eigenvalue weighted by Crippen LogP contribution is 2.40. The van der Waals surface area contributed by atoms with Crippen LogP contribution in [0, 0.1) is 0 Å². The highest BCUT2D eigenvalue weighted by molar-refractivity contribution is 7.92. The zero-order valence-corrected chi connectivity index (χ0v) is 17.8. The molecular formula is C19H30N4O5S. The summed E-state index contributed by atoms with van der Waals surface area (Å²) >= 11 is 0. The first-order valence-electron chi connectivity index (χ1n) is 9.81. The van der Waals surface area contributed by atoms with Crippen LogP contribution < -0.4 is 14.8 Å². The van der Waals surface area contributed by atoms with Crippen LogP contribution in [0.25, 0.3) is 0 Å². The van der Waals surface area contributed by atoms with E-state index < -0.39 is 15.6 Å². The van der Waals surface area contributed by atoms with Crippen molar-refractivity contribution in [3.63, 3.8) is 0 Å². The minimum Gasteiger partial charge on any atom is -0.486 e. The van der Waals surface area contributed by atoms with E-state index in [1.54, 1.807) is 18.2 Å². The molecule has 162 valence electrons. The Morgan fingerprint density at radius 1 is 1.31 bits per heavy atom. The number of oxime groups is 1. The molecule has 2 aliphatic heterocycles. The van der Waals surface area contributed by atoms with Crippen LogP contribution in [0.5, 0.6) is 5.75 Å². The molecule has 2 aliphatic rings. The largest absolute Gasteiger partial charge is 0.486 e. The molecule has 29 heavy (non-hydrogen) atoms. The maximum absolute atomic E-state index is 11.5. The molecule has 1 aromatic rings. The fourth-order valence-electron chi connectivity index (χ4n) is 3.81. The smallest absolute Gasteiger partial charge is 0.229 e. The van der Waals surface area contributed by atoms with Crippen LogP contribution in [-0.4, -0.2) is 82.5 Å². The standard InChI is InChI=1S/C19H30N4O5S/c1-20-7-11-27-12-10-23-8-5-19(6-9-23)14-17(21-24)16-13-15(22-29(2,25)26)3-4-18(16)28-19/h3-4,13,20,22,24H,5-12,14H2,1-2H3/b21-17+. The third-order valence-corrected chi connectivity index (χ3v) is 5.95. The lowest BCUT2D eigenvalue weighted by atomic mass is 9.82. The zero-order valence-electron chi connectivity index (χ0n) is 17.0. The van der Waals surface area contributed by atoms with Crippen LogP contribution in [0.2, 0.25) is 0 Å². The minimum absolute atomic E-state index is 0.399. The highest BCUT2D eigenvalue weighted by Gasteiger charge is 2.42.